The van der Waals surface area contributed by atoms with Gasteiger partial charge in [0.2, 0.25) is 0 Å². The molecule has 0 radical (unpaired) electrons. The van der Waals surface area contributed by atoms with Gasteiger partial charge in [0.1, 0.15) is 5.60 Å². The third kappa shape index (κ3) is 5.12. The van der Waals surface area contributed by atoms with E-state index >= 15 is 0 Å². The fraction of sp³-hybridized carbons (Fsp3) is 0.381. The Balaban J connectivity index is 2.15. The zero-order valence-electron chi connectivity index (χ0n) is 15.2. The number of benzene rings is 2. The molecular weight excluding hydrogens is 298 g/mol. The summed E-state index contributed by atoms with van der Waals surface area (Å²) in [6.07, 6.45) is -0.381. The van der Waals surface area contributed by atoms with Crippen LogP contribution in [0.15, 0.2) is 54.6 Å². The van der Waals surface area contributed by atoms with Crippen LogP contribution < -0.4 is 5.32 Å². The van der Waals surface area contributed by atoms with E-state index in [0.717, 1.165) is 5.56 Å². The Morgan fingerprint density at radius 2 is 1.46 bits per heavy atom. The minimum absolute atomic E-state index is 0.0790. The number of hydrogen-bond acceptors (Lipinski definition) is 2. The smallest absolute Gasteiger partial charge is 0.408 e. The molecule has 0 saturated heterocycles. The van der Waals surface area contributed by atoms with Gasteiger partial charge in [-0.2, -0.15) is 0 Å². The van der Waals surface area contributed by atoms with Crippen molar-refractivity contribution in [2.75, 3.05) is 0 Å². The number of nitrogens with one attached hydrogen (secondary N) is 1. The number of amides is 1. The van der Waals surface area contributed by atoms with Gasteiger partial charge >= 0.3 is 6.09 Å². The van der Waals surface area contributed by atoms with Crippen molar-refractivity contribution in [2.45, 2.75) is 46.3 Å². The Labute approximate surface area is 145 Å². The lowest BCUT2D eigenvalue weighted by molar-refractivity contribution is 0.0489. The SMILES string of the molecule is CC(C)[C@H](NC(=O)OC(C)(C)C)c1ccc(-c2ccccc2)cc1. The zero-order chi connectivity index (χ0) is 17.7. The van der Waals surface area contributed by atoms with E-state index in [1.165, 1.54) is 11.1 Å². The molecule has 0 bridgehead atoms. The van der Waals surface area contributed by atoms with Crippen LogP contribution in [0.25, 0.3) is 11.1 Å². The van der Waals surface area contributed by atoms with E-state index in [-0.39, 0.29) is 18.1 Å². The lowest BCUT2D eigenvalue weighted by Gasteiger charge is -2.26. The Hall–Kier alpha value is -2.29. The largest absolute Gasteiger partial charge is 0.444 e. The Kier molecular flexibility index (Phi) is 5.66. The molecule has 0 aliphatic heterocycles. The van der Waals surface area contributed by atoms with Gasteiger partial charge in [-0.15, -0.1) is 0 Å². The van der Waals surface area contributed by atoms with E-state index in [2.05, 4.69) is 55.6 Å². The minimum Gasteiger partial charge on any atom is -0.444 e. The van der Waals surface area contributed by atoms with Gasteiger partial charge < -0.3 is 10.1 Å². The first-order chi connectivity index (χ1) is 11.3. The summed E-state index contributed by atoms with van der Waals surface area (Å²) in [6, 6.07) is 18.5. The molecule has 2 aromatic carbocycles. The van der Waals surface area contributed by atoms with E-state index in [1.807, 2.05) is 39.0 Å². The van der Waals surface area contributed by atoms with Crippen molar-refractivity contribution in [1.82, 2.24) is 5.32 Å². The van der Waals surface area contributed by atoms with Gasteiger partial charge in [0.15, 0.2) is 0 Å². The average Bonchev–Trinajstić information content (AvgIpc) is 2.52. The summed E-state index contributed by atoms with van der Waals surface area (Å²) in [5.74, 6) is 0.264. The Morgan fingerprint density at radius 3 is 1.96 bits per heavy atom. The zero-order valence-corrected chi connectivity index (χ0v) is 15.2. The van der Waals surface area contributed by atoms with Crippen molar-refractivity contribution < 1.29 is 9.53 Å². The molecule has 0 saturated carbocycles. The number of carbonyl (C=O) groups is 1. The maximum Gasteiger partial charge on any atom is 0.408 e. The highest BCUT2D eigenvalue weighted by atomic mass is 16.6. The topological polar surface area (TPSA) is 38.3 Å². The third-order valence-electron chi connectivity index (χ3n) is 3.72. The standard InChI is InChI=1S/C21H27NO2/c1-15(2)19(22-20(23)24-21(3,4)5)18-13-11-17(12-14-18)16-9-7-6-8-10-16/h6-15,19H,1-5H3,(H,22,23)/t19-/m0/s1. The van der Waals surface area contributed by atoms with Crippen LogP contribution in [0.1, 0.15) is 46.2 Å². The molecule has 2 aromatic rings. The van der Waals surface area contributed by atoms with Crippen LogP contribution in [0.3, 0.4) is 0 Å². The van der Waals surface area contributed by atoms with Crippen LogP contribution in [0.5, 0.6) is 0 Å². The fourth-order valence-corrected chi connectivity index (χ4v) is 2.58. The number of carbonyl (C=O) groups excluding carboxylic acids is 1. The summed E-state index contributed by atoms with van der Waals surface area (Å²) in [5, 5.41) is 2.99. The second-order valence-corrected chi connectivity index (χ2v) is 7.36. The number of alkyl carbamates (subject to hydrolysis) is 1. The van der Waals surface area contributed by atoms with Gasteiger partial charge in [0, 0.05) is 0 Å². The van der Waals surface area contributed by atoms with Gasteiger partial charge in [0.05, 0.1) is 6.04 Å². The highest BCUT2D eigenvalue weighted by molar-refractivity contribution is 5.69. The van der Waals surface area contributed by atoms with Gasteiger partial charge in [0.25, 0.3) is 0 Å². The van der Waals surface area contributed by atoms with Crippen LogP contribution in [0, 0.1) is 5.92 Å². The molecule has 0 heterocycles. The minimum atomic E-state index is -0.497. The maximum atomic E-state index is 12.1. The first-order valence-corrected chi connectivity index (χ1v) is 8.41. The summed E-state index contributed by atoms with van der Waals surface area (Å²) in [6.45, 7) is 9.78. The Bertz CT molecular complexity index is 654. The number of hydrogen-bond donors (Lipinski definition) is 1. The summed E-state index contributed by atoms with van der Waals surface area (Å²) in [5.41, 5.74) is 2.93. The average molecular weight is 325 g/mol. The van der Waals surface area contributed by atoms with Crippen molar-refractivity contribution in [3.63, 3.8) is 0 Å². The number of ether oxygens (including phenoxy) is 1. The predicted octanol–water partition coefficient (Wildman–Crippen LogP) is 5.58. The van der Waals surface area contributed by atoms with Crippen LogP contribution in [-0.2, 0) is 4.74 Å². The van der Waals surface area contributed by atoms with Crippen LogP contribution >= 0.6 is 0 Å². The van der Waals surface area contributed by atoms with Crippen molar-refractivity contribution in [2.24, 2.45) is 5.92 Å². The summed E-state index contributed by atoms with van der Waals surface area (Å²) in [7, 11) is 0. The molecule has 0 fully saturated rings. The molecule has 0 aromatic heterocycles. The molecule has 3 nitrogen and oxygen atoms in total. The lowest BCUT2D eigenvalue weighted by atomic mass is 9.94. The normalized spacial score (nSPS) is 12.8. The lowest BCUT2D eigenvalue weighted by Crippen LogP contribution is -2.36. The molecule has 2 rings (SSSR count). The molecule has 1 amide bonds. The second-order valence-electron chi connectivity index (χ2n) is 7.36. The van der Waals surface area contributed by atoms with Crippen molar-refractivity contribution in [1.29, 1.82) is 0 Å². The van der Waals surface area contributed by atoms with Gasteiger partial charge in [-0.25, -0.2) is 4.79 Å². The predicted molar refractivity (Wildman–Crippen MR) is 98.8 cm³/mol. The van der Waals surface area contributed by atoms with E-state index < -0.39 is 5.60 Å². The molecule has 1 N–H and O–H groups in total. The quantitative estimate of drug-likeness (QED) is 0.797. The van der Waals surface area contributed by atoms with Crippen molar-refractivity contribution in [3.05, 3.63) is 60.2 Å². The highest BCUT2D eigenvalue weighted by Crippen LogP contribution is 2.26. The van der Waals surface area contributed by atoms with Gasteiger partial charge in [-0.3, -0.25) is 0 Å². The Morgan fingerprint density at radius 1 is 0.917 bits per heavy atom. The first-order valence-electron chi connectivity index (χ1n) is 8.41. The fourth-order valence-electron chi connectivity index (χ4n) is 2.58. The molecule has 24 heavy (non-hydrogen) atoms. The molecule has 1 atom stereocenters. The van der Waals surface area contributed by atoms with E-state index in [1.54, 1.807) is 0 Å². The van der Waals surface area contributed by atoms with Crippen molar-refractivity contribution >= 4 is 6.09 Å². The molecule has 0 aliphatic carbocycles. The molecule has 0 unspecified atom stereocenters. The first kappa shape index (κ1) is 18.1. The molecule has 0 aliphatic rings. The summed E-state index contributed by atoms with van der Waals surface area (Å²) in [4.78, 5) is 12.1. The monoisotopic (exact) mass is 325 g/mol. The molecule has 128 valence electrons. The van der Waals surface area contributed by atoms with Crippen LogP contribution in [-0.4, -0.2) is 11.7 Å². The van der Waals surface area contributed by atoms with Crippen LogP contribution in [0.4, 0.5) is 4.79 Å². The molecular formula is C21H27NO2. The maximum absolute atomic E-state index is 12.1. The second kappa shape index (κ2) is 7.52. The summed E-state index contributed by atoms with van der Waals surface area (Å²) < 4.78 is 5.38. The van der Waals surface area contributed by atoms with Crippen molar-refractivity contribution in [3.8, 4) is 11.1 Å². The van der Waals surface area contributed by atoms with E-state index in [0.29, 0.717) is 0 Å². The van der Waals surface area contributed by atoms with Gasteiger partial charge in [-0.1, -0.05) is 68.4 Å². The van der Waals surface area contributed by atoms with E-state index in [9.17, 15) is 4.79 Å². The molecule has 0 spiro atoms. The summed E-state index contributed by atoms with van der Waals surface area (Å²) >= 11 is 0. The van der Waals surface area contributed by atoms with Gasteiger partial charge in [-0.05, 0) is 43.4 Å². The van der Waals surface area contributed by atoms with Crippen LogP contribution in [0.2, 0.25) is 0 Å². The number of rotatable bonds is 4. The third-order valence-corrected chi connectivity index (χ3v) is 3.72. The van der Waals surface area contributed by atoms with E-state index in [4.69, 9.17) is 4.74 Å². The highest BCUT2D eigenvalue weighted by Gasteiger charge is 2.22. The molecule has 3 heteroatoms.